The van der Waals surface area contributed by atoms with Crippen molar-refractivity contribution in [3.63, 3.8) is 0 Å². The van der Waals surface area contributed by atoms with Gasteiger partial charge < -0.3 is 20.1 Å². The van der Waals surface area contributed by atoms with Gasteiger partial charge in [0.2, 0.25) is 0 Å². The van der Waals surface area contributed by atoms with Crippen LogP contribution < -0.4 is 5.32 Å². The monoisotopic (exact) mass is 363 g/mol. The van der Waals surface area contributed by atoms with Gasteiger partial charge in [0, 0.05) is 18.6 Å². The lowest BCUT2D eigenvalue weighted by Gasteiger charge is -2.29. The highest BCUT2D eigenvalue weighted by Crippen LogP contribution is 2.19. The highest BCUT2D eigenvalue weighted by molar-refractivity contribution is 6.31. The summed E-state index contributed by atoms with van der Waals surface area (Å²) in [5, 5.41) is 3.68. The van der Waals surface area contributed by atoms with Crippen LogP contribution in [-0.2, 0) is 6.54 Å². The van der Waals surface area contributed by atoms with Gasteiger partial charge in [-0.25, -0.2) is 9.78 Å². The molecule has 1 saturated heterocycles. The zero-order valence-corrected chi connectivity index (χ0v) is 15.6. The molecule has 25 heavy (non-hydrogen) atoms. The van der Waals surface area contributed by atoms with Gasteiger partial charge >= 0.3 is 6.03 Å². The van der Waals surface area contributed by atoms with Crippen molar-refractivity contribution in [2.45, 2.75) is 25.8 Å². The molecule has 1 aromatic heterocycles. The first kappa shape index (κ1) is 18.0. The van der Waals surface area contributed by atoms with Crippen LogP contribution >= 0.6 is 11.6 Å². The maximum atomic E-state index is 12.3. The second-order valence-electron chi connectivity index (χ2n) is 6.97. The number of aromatic nitrogens is 2. The molecule has 136 valence electrons. The molecule has 0 aliphatic carbocycles. The van der Waals surface area contributed by atoms with Crippen LogP contribution in [0.2, 0.25) is 5.02 Å². The standard InChI is InChI=1S/C18H26ClN5O/c1-23-9-6-13(7-10-23)5-8-20-18(25)24(2)12-17-21-15-4-3-14(19)11-16(15)22-17/h3-4,11,13H,5-10,12H2,1-2H3,(H,20,25)(H,21,22). The first-order chi connectivity index (χ1) is 12.0. The van der Waals surface area contributed by atoms with Crippen molar-refractivity contribution in [2.75, 3.05) is 33.7 Å². The Hall–Kier alpha value is -1.79. The molecule has 1 aliphatic heterocycles. The summed E-state index contributed by atoms with van der Waals surface area (Å²) in [5.41, 5.74) is 1.74. The van der Waals surface area contributed by atoms with Gasteiger partial charge in [-0.3, -0.25) is 0 Å². The van der Waals surface area contributed by atoms with Crippen LogP contribution in [0.5, 0.6) is 0 Å². The fraction of sp³-hybridized carbons (Fsp3) is 0.556. The van der Waals surface area contributed by atoms with E-state index in [4.69, 9.17) is 11.6 Å². The Morgan fingerprint density at radius 3 is 2.96 bits per heavy atom. The number of piperidine rings is 1. The quantitative estimate of drug-likeness (QED) is 0.858. The number of urea groups is 1. The van der Waals surface area contributed by atoms with E-state index in [1.54, 1.807) is 11.9 Å². The molecule has 1 aromatic carbocycles. The van der Waals surface area contributed by atoms with E-state index in [-0.39, 0.29) is 6.03 Å². The third-order valence-electron chi connectivity index (χ3n) is 4.89. The zero-order valence-electron chi connectivity index (χ0n) is 14.9. The number of amides is 2. The number of carbonyl (C=O) groups is 1. The maximum absolute atomic E-state index is 12.3. The molecule has 0 spiro atoms. The number of rotatable bonds is 5. The summed E-state index contributed by atoms with van der Waals surface area (Å²) in [6.07, 6.45) is 3.50. The van der Waals surface area contributed by atoms with Gasteiger partial charge in [0.1, 0.15) is 5.82 Å². The minimum absolute atomic E-state index is 0.0635. The molecule has 1 fully saturated rings. The molecule has 1 aliphatic rings. The molecule has 0 atom stereocenters. The molecule has 0 unspecified atom stereocenters. The van der Waals surface area contributed by atoms with E-state index in [1.807, 2.05) is 18.2 Å². The highest BCUT2D eigenvalue weighted by Gasteiger charge is 2.17. The summed E-state index contributed by atoms with van der Waals surface area (Å²) in [5.74, 6) is 1.48. The van der Waals surface area contributed by atoms with Gasteiger partial charge in [-0.05, 0) is 63.5 Å². The zero-order chi connectivity index (χ0) is 17.8. The van der Waals surface area contributed by atoms with Crippen molar-refractivity contribution in [2.24, 2.45) is 5.92 Å². The SMILES string of the molecule is CN1CCC(CCNC(=O)N(C)Cc2nc3ccc(Cl)cc3[nH]2)CC1. The van der Waals surface area contributed by atoms with Gasteiger partial charge in [-0.2, -0.15) is 0 Å². The number of carbonyl (C=O) groups excluding carboxylic acids is 1. The number of hydrogen-bond acceptors (Lipinski definition) is 3. The van der Waals surface area contributed by atoms with Crippen LogP contribution in [0.25, 0.3) is 11.0 Å². The topological polar surface area (TPSA) is 64.3 Å². The van der Waals surface area contributed by atoms with Gasteiger partial charge in [0.25, 0.3) is 0 Å². The average molecular weight is 364 g/mol. The third kappa shape index (κ3) is 4.86. The molecule has 2 N–H and O–H groups in total. The molecular weight excluding hydrogens is 338 g/mol. The molecule has 0 bridgehead atoms. The Kier molecular flexibility index (Phi) is 5.81. The fourth-order valence-electron chi connectivity index (χ4n) is 3.27. The lowest BCUT2D eigenvalue weighted by Crippen LogP contribution is -2.38. The number of H-pyrrole nitrogens is 1. The Balaban J connectivity index is 1.45. The number of nitrogens with zero attached hydrogens (tertiary/aromatic N) is 3. The Morgan fingerprint density at radius 2 is 2.20 bits per heavy atom. The van der Waals surface area contributed by atoms with E-state index >= 15 is 0 Å². The van der Waals surface area contributed by atoms with E-state index in [2.05, 4.69) is 27.2 Å². The molecule has 6 nitrogen and oxygen atoms in total. The van der Waals surface area contributed by atoms with Gasteiger partial charge in [0.15, 0.2) is 0 Å². The number of fused-ring (bicyclic) bond motifs is 1. The van der Waals surface area contributed by atoms with Gasteiger partial charge in [0.05, 0.1) is 17.6 Å². The van der Waals surface area contributed by atoms with Crippen LogP contribution in [0.1, 0.15) is 25.1 Å². The van der Waals surface area contributed by atoms with Crippen LogP contribution in [0, 0.1) is 5.92 Å². The number of benzene rings is 1. The maximum Gasteiger partial charge on any atom is 0.317 e. The molecule has 2 amide bonds. The van der Waals surface area contributed by atoms with Gasteiger partial charge in [-0.15, -0.1) is 0 Å². The lowest BCUT2D eigenvalue weighted by molar-refractivity contribution is 0.197. The molecule has 7 heteroatoms. The van der Waals surface area contributed by atoms with Crippen LogP contribution in [0.3, 0.4) is 0 Å². The number of nitrogens with one attached hydrogen (secondary N) is 2. The van der Waals surface area contributed by atoms with E-state index in [9.17, 15) is 4.79 Å². The van der Waals surface area contributed by atoms with Gasteiger partial charge in [-0.1, -0.05) is 11.6 Å². The number of imidazole rings is 1. The van der Waals surface area contributed by atoms with E-state index in [0.717, 1.165) is 48.8 Å². The van der Waals surface area contributed by atoms with Crippen molar-refractivity contribution < 1.29 is 4.79 Å². The first-order valence-electron chi connectivity index (χ1n) is 8.83. The summed E-state index contributed by atoms with van der Waals surface area (Å²) in [6, 6.07) is 5.47. The van der Waals surface area contributed by atoms with Crippen molar-refractivity contribution in [3.05, 3.63) is 29.0 Å². The van der Waals surface area contributed by atoms with E-state index in [0.29, 0.717) is 11.6 Å². The Bertz CT molecular complexity index is 723. The number of likely N-dealkylation sites (tertiary alicyclic amines) is 1. The average Bonchev–Trinajstić information content (AvgIpc) is 2.97. The predicted molar refractivity (Wildman–Crippen MR) is 101 cm³/mol. The smallest absolute Gasteiger partial charge is 0.317 e. The number of hydrogen-bond donors (Lipinski definition) is 2. The van der Waals surface area contributed by atoms with Crippen molar-refractivity contribution in [3.8, 4) is 0 Å². The van der Waals surface area contributed by atoms with Crippen molar-refractivity contribution in [1.29, 1.82) is 0 Å². The molecular formula is C18H26ClN5O. The molecule has 0 saturated carbocycles. The van der Waals surface area contributed by atoms with Crippen LogP contribution in [0.4, 0.5) is 4.79 Å². The predicted octanol–water partition coefficient (Wildman–Crippen LogP) is 3.09. The van der Waals surface area contributed by atoms with Crippen molar-refractivity contribution in [1.82, 2.24) is 25.1 Å². The summed E-state index contributed by atoms with van der Waals surface area (Å²) < 4.78 is 0. The Morgan fingerprint density at radius 1 is 1.44 bits per heavy atom. The largest absolute Gasteiger partial charge is 0.340 e. The third-order valence-corrected chi connectivity index (χ3v) is 5.13. The second kappa shape index (κ2) is 8.06. The van der Waals surface area contributed by atoms with Crippen LogP contribution in [-0.4, -0.2) is 59.5 Å². The normalized spacial score (nSPS) is 16.3. The molecule has 0 radical (unpaired) electrons. The first-order valence-corrected chi connectivity index (χ1v) is 9.20. The van der Waals surface area contributed by atoms with Crippen molar-refractivity contribution >= 4 is 28.7 Å². The van der Waals surface area contributed by atoms with Crippen LogP contribution in [0.15, 0.2) is 18.2 Å². The summed E-state index contributed by atoms with van der Waals surface area (Å²) >= 11 is 5.99. The summed E-state index contributed by atoms with van der Waals surface area (Å²) in [6.45, 7) is 3.49. The molecule has 3 rings (SSSR count). The number of aromatic amines is 1. The van der Waals surface area contributed by atoms with E-state index in [1.165, 1.54) is 12.8 Å². The molecule has 2 aromatic rings. The lowest BCUT2D eigenvalue weighted by atomic mass is 9.94. The number of halogens is 1. The Labute approximate surface area is 153 Å². The fourth-order valence-corrected chi connectivity index (χ4v) is 3.45. The minimum Gasteiger partial charge on any atom is -0.340 e. The summed E-state index contributed by atoms with van der Waals surface area (Å²) in [7, 11) is 3.95. The molecule has 2 heterocycles. The summed E-state index contributed by atoms with van der Waals surface area (Å²) in [4.78, 5) is 24.0. The highest BCUT2D eigenvalue weighted by atomic mass is 35.5. The van der Waals surface area contributed by atoms with E-state index < -0.39 is 0 Å². The second-order valence-corrected chi connectivity index (χ2v) is 7.40. The minimum atomic E-state index is -0.0635.